The van der Waals surface area contributed by atoms with E-state index < -0.39 is 0 Å². The average molecular weight is 712 g/mol. The molecular formula is C54H33NO. The first-order valence-electron chi connectivity index (χ1n) is 19.3. The summed E-state index contributed by atoms with van der Waals surface area (Å²) in [7, 11) is 0. The van der Waals surface area contributed by atoms with Gasteiger partial charge in [-0.15, -0.1) is 0 Å². The van der Waals surface area contributed by atoms with Crippen molar-refractivity contribution in [3.63, 3.8) is 0 Å². The van der Waals surface area contributed by atoms with Crippen LogP contribution in [0.1, 0.15) is 0 Å². The fourth-order valence-corrected chi connectivity index (χ4v) is 9.29. The maximum absolute atomic E-state index is 6.55. The molecule has 0 radical (unpaired) electrons. The Labute approximate surface area is 323 Å². The molecule has 0 bridgehead atoms. The van der Waals surface area contributed by atoms with E-state index in [0.717, 1.165) is 22.1 Å². The standard InChI is InChI=1S/C54H33NO/c1-2-13-39(14-3-1)55-48-21-11-10-16-41(48)47-32-37(27-30-49(47)55)34-22-24-36(25-23-34)52-42-17-6-8-19-44(42)53(45-20-9-7-18-43(45)52)38-26-29-46-51(33-38)56-50-31-28-35-12-4-5-15-40(35)54(46)50/h1-33H. The van der Waals surface area contributed by atoms with E-state index in [1.54, 1.807) is 0 Å². The van der Waals surface area contributed by atoms with Crippen LogP contribution in [0.25, 0.3) is 115 Å². The highest BCUT2D eigenvalue weighted by Gasteiger charge is 2.19. The lowest BCUT2D eigenvalue weighted by Crippen LogP contribution is -1.92. The number of benzene rings is 10. The van der Waals surface area contributed by atoms with E-state index in [0.29, 0.717) is 0 Å². The number of furan rings is 1. The summed E-state index contributed by atoms with van der Waals surface area (Å²) in [6.07, 6.45) is 0. The van der Waals surface area contributed by atoms with Crippen LogP contribution in [0.15, 0.2) is 205 Å². The molecule has 0 spiro atoms. The lowest BCUT2D eigenvalue weighted by molar-refractivity contribution is 0.669. The molecule has 0 N–H and O–H groups in total. The second-order valence-corrected chi connectivity index (χ2v) is 14.8. The molecule has 2 heteroatoms. The van der Waals surface area contributed by atoms with Crippen molar-refractivity contribution in [1.82, 2.24) is 4.57 Å². The number of aromatic nitrogens is 1. The maximum atomic E-state index is 6.55. The summed E-state index contributed by atoms with van der Waals surface area (Å²) in [5.41, 5.74) is 12.7. The molecular weight excluding hydrogens is 679 g/mol. The van der Waals surface area contributed by atoms with Gasteiger partial charge in [0.15, 0.2) is 0 Å². The third-order valence-electron chi connectivity index (χ3n) is 11.8. The van der Waals surface area contributed by atoms with Crippen molar-refractivity contribution in [1.29, 1.82) is 0 Å². The summed E-state index contributed by atoms with van der Waals surface area (Å²) in [5, 5.41) is 12.2. The first kappa shape index (κ1) is 31.0. The van der Waals surface area contributed by atoms with Crippen LogP contribution < -0.4 is 0 Å². The van der Waals surface area contributed by atoms with Gasteiger partial charge in [-0.05, 0) is 114 Å². The van der Waals surface area contributed by atoms with Crippen molar-refractivity contribution < 1.29 is 4.42 Å². The van der Waals surface area contributed by atoms with Crippen LogP contribution >= 0.6 is 0 Å². The van der Waals surface area contributed by atoms with E-state index in [1.807, 2.05) is 0 Å². The molecule has 12 aromatic rings. The summed E-state index contributed by atoms with van der Waals surface area (Å²) in [6, 6.07) is 72.7. The normalized spacial score (nSPS) is 11.9. The van der Waals surface area contributed by atoms with Crippen molar-refractivity contribution in [3.8, 4) is 39.1 Å². The second-order valence-electron chi connectivity index (χ2n) is 14.8. The molecule has 2 heterocycles. The molecule has 10 aromatic carbocycles. The Morgan fingerprint density at radius 3 is 1.59 bits per heavy atom. The Morgan fingerprint density at radius 1 is 0.304 bits per heavy atom. The lowest BCUT2D eigenvalue weighted by atomic mass is 9.85. The van der Waals surface area contributed by atoms with Crippen LogP contribution in [0.4, 0.5) is 0 Å². The number of para-hydroxylation sites is 2. The lowest BCUT2D eigenvalue weighted by Gasteiger charge is -2.18. The number of hydrogen-bond acceptors (Lipinski definition) is 1. The van der Waals surface area contributed by atoms with Gasteiger partial charge in [0.2, 0.25) is 0 Å². The Morgan fingerprint density at radius 2 is 0.857 bits per heavy atom. The largest absolute Gasteiger partial charge is 0.456 e. The van der Waals surface area contributed by atoms with Crippen LogP contribution in [-0.4, -0.2) is 4.57 Å². The highest BCUT2D eigenvalue weighted by atomic mass is 16.3. The summed E-state index contributed by atoms with van der Waals surface area (Å²) >= 11 is 0. The van der Waals surface area contributed by atoms with Gasteiger partial charge in [0, 0.05) is 27.2 Å². The molecule has 56 heavy (non-hydrogen) atoms. The van der Waals surface area contributed by atoms with E-state index in [4.69, 9.17) is 4.42 Å². The molecule has 2 aromatic heterocycles. The Bertz CT molecular complexity index is 3460. The molecule has 0 saturated heterocycles. The summed E-state index contributed by atoms with van der Waals surface area (Å²) < 4.78 is 8.92. The molecule has 0 unspecified atom stereocenters. The SMILES string of the molecule is c1ccc(-n2c3ccccc3c3cc(-c4ccc(-c5c6ccccc6c(-c6ccc7c(c6)oc6ccc8ccccc8c67)c6ccccc56)cc4)ccc32)cc1. The number of fused-ring (bicyclic) bond motifs is 10. The van der Waals surface area contributed by atoms with Gasteiger partial charge in [0.1, 0.15) is 11.2 Å². The third kappa shape index (κ3) is 4.57. The van der Waals surface area contributed by atoms with Crippen LogP contribution in [0.5, 0.6) is 0 Å². The second kappa shape index (κ2) is 12.0. The van der Waals surface area contributed by atoms with E-state index in [2.05, 4.69) is 205 Å². The monoisotopic (exact) mass is 711 g/mol. The fraction of sp³-hybridized carbons (Fsp3) is 0. The molecule has 0 amide bonds. The van der Waals surface area contributed by atoms with Crippen LogP contribution in [-0.2, 0) is 0 Å². The zero-order chi connectivity index (χ0) is 36.7. The molecule has 0 saturated carbocycles. The van der Waals surface area contributed by atoms with Crippen molar-refractivity contribution in [2.45, 2.75) is 0 Å². The van der Waals surface area contributed by atoms with Gasteiger partial charge >= 0.3 is 0 Å². The van der Waals surface area contributed by atoms with Gasteiger partial charge in [-0.25, -0.2) is 0 Å². The fourth-order valence-electron chi connectivity index (χ4n) is 9.29. The van der Waals surface area contributed by atoms with E-state index in [9.17, 15) is 0 Å². The van der Waals surface area contributed by atoms with E-state index >= 15 is 0 Å². The van der Waals surface area contributed by atoms with Crippen LogP contribution in [0.2, 0.25) is 0 Å². The molecule has 2 nitrogen and oxygen atoms in total. The molecule has 0 aliphatic rings. The van der Waals surface area contributed by atoms with Crippen molar-refractivity contribution in [2.75, 3.05) is 0 Å². The minimum absolute atomic E-state index is 0.907. The Hall–Kier alpha value is -7.42. The van der Waals surface area contributed by atoms with Gasteiger partial charge in [-0.2, -0.15) is 0 Å². The smallest absolute Gasteiger partial charge is 0.136 e. The zero-order valence-electron chi connectivity index (χ0n) is 30.4. The predicted molar refractivity (Wildman–Crippen MR) is 237 cm³/mol. The van der Waals surface area contributed by atoms with E-state index in [1.165, 1.54) is 93.0 Å². The summed E-state index contributed by atoms with van der Waals surface area (Å²) in [5.74, 6) is 0. The maximum Gasteiger partial charge on any atom is 0.136 e. The van der Waals surface area contributed by atoms with Gasteiger partial charge in [0.25, 0.3) is 0 Å². The molecule has 0 fully saturated rings. The third-order valence-corrected chi connectivity index (χ3v) is 11.8. The first-order chi connectivity index (χ1) is 27.8. The zero-order valence-corrected chi connectivity index (χ0v) is 30.4. The predicted octanol–water partition coefficient (Wildman–Crippen LogP) is 15.1. The van der Waals surface area contributed by atoms with E-state index in [-0.39, 0.29) is 0 Å². The van der Waals surface area contributed by atoms with Gasteiger partial charge in [0.05, 0.1) is 11.0 Å². The molecule has 0 atom stereocenters. The molecule has 0 aliphatic carbocycles. The van der Waals surface area contributed by atoms with Gasteiger partial charge < -0.3 is 8.98 Å². The highest BCUT2D eigenvalue weighted by molar-refractivity contribution is 6.23. The topological polar surface area (TPSA) is 18.1 Å². The summed E-state index contributed by atoms with van der Waals surface area (Å²) in [6.45, 7) is 0. The van der Waals surface area contributed by atoms with Crippen molar-refractivity contribution >= 4 is 76.1 Å². The Kier molecular flexibility index (Phi) is 6.66. The number of hydrogen-bond donors (Lipinski definition) is 0. The summed E-state index contributed by atoms with van der Waals surface area (Å²) in [4.78, 5) is 0. The quantitative estimate of drug-likeness (QED) is 0.166. The average Bonchev–Trinajstić information content (AvgIpc) is 3.81. The molecule has 12 rings (SSSR count). The highest BCUT2D eigenvalue weighted by Crippen LogP contribution is 2.45. The minimum atomic E-state index is 0.907. The number of nitrogens with zero attached hydrogens (tertiary/aromatic N) is 1. The van der Waals surface area contributed by atoms with Crippen molar-refractivity contribution in [3.05, 3.63) is 200 Å². The van der Waals surface area contributed by atoms with Gasteiger partial charge in [-0.3, -0.25) is 0 Å². The van der Waals surface area contributed by atoms with Crippen LogP contribution in [0, 0.1) is 0 Å². The first-order valence-corrected chi connectivity index (χ1v) is 19.3. The minimum Gasteiger partial charge on any atom is -0.456 e. The number of rotatable bonds is 4. The Balaban J connectivity index is 0.999. The van der Waals surface area contributed by atoms with Gasteiger partial charge in [-0.1, -0.05) is 152 Å². The molecule has 0 aliphatic heterocycles. The van der Waals surface area contributed by atoms with Crippen LogP contribution in [0.3, 0.4) is 0 Å². The van der Waals surface area contributed by atoms with Crippen molar-refractivity contribution in [2.24, 2.45) is 0 Å². The molecule has 260 valence electrons.